The Hall–Kier alpha value is -0.560. The summed E-state index contributed by atoms with van der Waals surface area (Å²) in [4.78, 5) is 15.1. The molecule has 1 aliphatic heterocycles. The van der Waals surface area contributed by atoms with Crippen LogP contribution in [0.5, 0.6) is 0 Å². The average Bonchev–Trinajstić information content (AvgIpc) is 2.65. The van der Waals surface area contributed by atoms with E-state index in [1.807, 2.05) is 32.0 Å². The first-order valence-corrected chi connectivity index (χ1v) is 9.49. The Morgan fingerprint density at radius 2 is 1.93 bits per heavy atom. The largest absolute Gasteiger partial charge is 0.379 e. The number of halogens is 3. The Labute approximate surface area is 180 Å². The van der Waals surface area contributed by atoms with Crippen LogP contribution in [0.4, 0.5) is 0 Å². The van der Waals surface area contributed by atoms with Crippen molar-refractivity contribution in [3.05, 3.63) is 34.9 Å². The summed E-state index contributed by atoms with van der Waals surface area (Å²) in [6.45, 7) is 8.06. The second-order valence-electron chi connectivity index (χ2n) is 6.62. The van der Waals surface area contributed by atoms with Gasteiger partial charge in [0.2, 0.25) is 5.91 Å². The number of benzene rings is 1. The van der Waals surface area contributed by atoms with Crippen molar-refractivity contribution in [2.24, 2.45) is 11.1 Å². The molecule has 1 heterocycles. The van der Waals surface area contributed by atoms with Crippen LogP contribution < -0.4 is 11.1 Å². The standard InChI is InChI=1S/C19H30ClN3O2.2ClH/c1-3-19(4-2,14-21)18(24)22-13-17(23-8-10-25-11-9-23)15-6-5-7-16(20)12-15;;/h5-7,12,17H,3-4,8-11,13-14,21H2,1-2H3,(H,22,24);2*1H. The van der Waals surface area contributed by atoms with Crippen molar-refractivity contribution in [2.45, 2.75) is 32.7 Å². The summed E-state index contributed by atoms with van der Waals surface area (Å²) in [5.74, 6) is 0.0419. The van der Waals surface area contributed by atoms with Crippen molar-refractivity contribution < 1.29 is 9.53 Å². The minimum Gasteiger partial charge on any atom is -0.379 e. The number of carbonyl (C=O) groups is 1. The molecule has 2 rings (SSSR count). The SMILES string of the molecule is CCC(CC)(CN)C(=O)NCC(c1cccc(Cl)c1)N1CCOCC1.Cl.Cl. The van der Waals surface area contributed by atoms with Crippen molar-refractivity contribution in [1.82, 2.24) is 10.2 Å². The predicted octanol–water partition coefficient (Wildman–Crippen LogP) is 3.44. The number of nitrogens with zero attached hydrogens (tertiary/aromatic N) is 1. The highest BCUT2D eigenvalue weighted by atomic mass is 35.5. The molecule has 8 heteroatoms. The van der Waals surface area contributed by atoms with Crippen LogP contribution >= 0.6 is 36.4 Å². The first-order chi connectivity index (χ1) is 12.1. The zero-order valence-electron chi connectivity index (χ0n) is 16.1. The van der Waals surface area contributed by atoms with Crippen molar-refractivity contribution in [2.75, 3.05) is 39.4 Å². The molecule has 1 saturated heterocycles. The van der Waals surface area contributed by atoms with E-state index in [-0.39, 0.29) is 36.8 Å². The third-order valence-corrected chi connectivity index (χ3v) is 5.64. The quantitative estimate of drug-likeness (QED) is 0.650. The molecule has 1 aromatic carbocycles. The van der Waals surface area contributed by atoms with E-state index in [9.17, 15) is 4.79 Å². The molecule has 0 radical (unpaired) electrons. The summed E-state index contributed by atoms with van der Waals surface area (Å²) < 4.78 is 5.47. The average molecular weight is 441 g/mol. The highest BCUT2D eigenvalue weighted by Gasteiger charge is 2.34. The maximum atomic E-state index is 12.8. The zero-order chi connectivity index (χ0) is 18.3. The van der Waals surface area contributed by atoms with Gasteiger partial charge in [0, 0.05) is 31.2 Å². The maximum absolute atomic E-state index is 12.8. The van der Waals surface area contributed by atoms with Crippen LogP contribution in [0.25, 0.3) is 0 Å². The summed E-state index contributed by atoms with van der Waals surface area (Å²) in [6, 6.07) is 7.94. The highest BCUT2D eigenvalue weighted by Crippen LogP contribution is 2.27. The number of hydrogen-bond acceptors (Lipinski definition) is 4. The minimum atomic E-state index is -0.482. The third kappa shape index (κ3) is 6.77. The van der Waals surface area contributed by atoms with Crippen LogP contribution in [0.2, 0.25) is 5.02 Å². The fourth-order valence-electron chi connectivity index (χ4n) is 3.39. The van der Waals surface area contributed by atoms with Gasteiger partial charge >= 0.3 is 0 Å². The molecule has 27 heavy (non-hydrogen) atoms. The summed E-state index contributed by atoms with van der Waals surface area (Å²) in [7, 11) is 0. The third-order valence-electron chi connectivity index (χ3n) is 5.40. The molecular weight excluding hydrogens is 409 g/mol. The number of carbonyl (C=O) groups excluding carboxylic acids is 1. The Bertz CT molecular complexity index is 557. The minimum absolute atomic E-state index is 0. The number of nitrogens with two attached hydrogens (primary N) is 1. The van der Waals surface area contributed by atoms with Gasteiger partial charge in [0.1, 0.15) is 0 Å². The molecule has 1 fully saturated rings. The lowest BCUT2D eigenvalue weighted by atomic mass is 9.81. The molecule has 5 nitrogen and oxygen atoms in total. The zero-order valence-corrected chi connectivity index (χ0v) is 18.5. The molecule has 1 amide bonds. The monoisotopic (exact) mass is 439 g/mol. The number of amides is 1. The molecule has 156 valence electrons. The number of hydrogen-bond donors (Lipinski definition) is 2. The molecule has 1 atom stereocenters. The summed E-state index contributed by atoms with van der Waals surface area (Å²) in [5, 5.41) is 3.86. The van der Waals surface area contributed by atoms with Crippen molar-refractivity contribution in [3.63, 3.8) is 0 Å². The van der Waals surface area contributed by atoms with E-state index >= 15 is 0 Å². The molecule has 0 spiro atoms. The molecule has 1 unspecified atom stereocenters. The van der Waals surface area contributed by atoms with Gasteiger partial charge in [0.25, 0.3) is 0 Å². The lowest BCUT2D eigenvalue weighted by Crippen LogP contribution is -2.49. The van der Waals surface area contributed by atoms with E-state index in [4.69, 9.17) is 22.1 Å². The van der Waals surface area contributed by atoms with E-state index in [1.165, 1.54) is 0 Å². The topological polar surface area (TPSA) is 67.6 Å². The number of nitrogens with one attached hydrogen (secondary N) is 1. The first-order valence-electron chi connectivity index (χ1n) is 9.12. The molecule has 0 aliphatic carbocycles. The van der Waals surface area contributed by atoms with Crippen molar-refractivity contribution in [1.29, 1.82) is 0 Å². The lowest BCUT2D eigenvalue weighted by Gasteiger charge is -2.36. The number of ether oxygens (including phenoxy) is 1. The van der Waals surface area contributed by atoms with Gasteiger partial charge in [-0.1, -0.05) is 37.6 Å². The van der Waals surface area contributed by atoms with Gasteiger partial charge in [-0.15, -0.1) is 24.8 Å². The van der Waals surface area contributed by atoms with Gasteiger partial charge in [-0.25, -0.2) is 0 Å². The predicted molar refractivity (Wildman–Crippen MR) is 116 cm³/mol. The van der Waals surface area contributed by atoms with Crippen molar-refractivity contribution >= 4 is 42.3 Å². The molecule has 1 aliphatic rings. The molecule has 3 N–H and O–H groups in total. The summed E-state index contributed by atoms with van der Waals surface area (Å²) in [5.41, 5.74) is 6.53. The van der Waals surface area contributed by atoms with Crippen LogP contribution in [0.15, 0.2) is 24.3 Å². The van der Waals surface area contributed by atoms with Crippen LogP contribution in [0.1, 0.15) is 38.3 Å². The Morgan fingerprint density at radius 3 is 2.44 bits per heavy atom. The summed E-state index contributed by atoms with van der Waals surface area (Å²) >= 11 is 6.18. The molecular formula is C19H32Cl3N3O2. The van der Waals surface area contributed by atoms with E-state index in [1.54, 1.807) is 0 Å². The van der Waals surface area contributed by atoms with Gasteiger partial charge in [-0.05, 0) is 30.5 Å². The highest BCUT2D eigenvalue weighted by molar-refractivity contribution is 6.30. The Kier molecular flexibility index (Phi) is 12.5. The lowest BCUT2D eigenvalue weighted by molar-refractivity contribution is -0.131. The van der Waals surface area contributed by atoms with Gasteiger partial charge in [0.05, 0.1) is 24.7 Å². The van der Waals surface area contributed by atoms with Crippen LogP contribution in [0, 0.1) is 5.41 Å². The molecule has 1 aromatic rings. The van der Waals surface area contributed by atoms with Crippen molar-refractivity contribution in [3.8, 4) is 0 Å². The van der Waals surface area contributed by atoms with Gasteiger partial charge in [-0.2, -0.15) is 0 Å². The molecule has 0 bridgehead atoms. The second kappa shape index (κ2) is 12.8. The fourth-order valence-corrected chi connectivity index (χ4v) is 3.59. The van der Waals surface area contributed by atoms with Gasteiger partial charge in [-0.3, -0.25) is 9.69 Å². The van der Waals surface area contributed by atoms with Gasteiger partial charge in [0.15, 0.2) is 0 Å². The van der Waals surface area contributed by atoms with E-state index in [0.29, 0.717) is 31.3 Å². The first kappa shape index (κ1) is 26.4. The van der Waals surface area contributed by atoms with Crippen LogP contribution in [-0.4, -0.2) is 50.2 Å². The van der Waals surface area contributed by atoms with E-state index in [2.05, 4.69) is 16.3 Å². The Morgan fingerprint density at radius 1 is 1.30 bits per heavy atom. The smallest absolute Gasteiger partial charge is 0.227 e. The number of rotatable bonds is 8. The normalized spacial score (nSPS) is 16.0. The van der Waals surface area contributed by atoms with Gasteiger partial charge < -0.3 is 15.8 Å². The number of morpholine rings is 1. The van der Waals surface area contributed by atoms with E-state index < -0.39 is 5.41 Å². The summed E-state index contributed by atoms with van der Waals surface area (Å²) in [6.07, 6.45) is 1.48. The molecule has 0 saturated carbocycles. The van der Waals surface area contributed by atoms with Crippen LogP contribution in [0.3, 0.4) is 0 Å². The maximum Gasteiger partial charge on any atom is 0.227 e. The van der Waals surface area contributed by atoms with Crippen LogP contribution in [-0.2, 0) is 9.53 Å². The Balaban J connectivity index is 0.00000338. The molecule has 0 aromatic heterocycles. The fraction of sp³-hybridized carbons (Fsp3) is 0.632. The second-order valence-corrected chi connectivity index (χ2v) is 7.06. The van der Waals surface area contributed by atoms with E-state index in [0.717, 1.165) is 31.5 Å².